The van der Waals surface area contributed by atoms with Gasteiger partial charge in [0.05, 0.1) is 11.8 Å². The summed E-state index contributed by atoms with van der Waals surface area (Å²) in [4.78, 5) is 14.2. The molecule has 1 heterocycles. The molecule has 0 saturated heterocycles. The first-order valence-corrected chi connectivity index (χ1v) is 6.13. The second-order valence-corrected chi connectivity index (χ2v) is 4.61. The molecule has 2 N–H and O–H groups in total. The number of aryl methyl sites for hydroxylation is 1. The highest BCUT2D eigenvalue weighted by atomic mass is 32.1. The minimum atomic E-state index is -0.133. The van der Waals surface area contributed by atoms with Crippen LogP contribution in [0.3, 0.4) is 0 Å². The van der Waals surface area contributed by atoms with Crippen molar-refractivity contribution in [2.75, 3.05) is 11.9 Å². The minimum Gasteiger partial charge on any atom is -0.469 e. The molecule has 5 heteroatoms. The molecule has 0 fully saturated rings. The number of amides is 1. The molecule has 0 radical (unpaired) electrons. The summed E-state index contributed by atoms with van der Waals surface area (Å²) in [6, 6.07) is 8.90. The molecule has 0 spiro atoms. The van der Waals surface area contributed by atoms with Gasteiger partial charge >= 0.3 is 0 Å². The predicted octanol–water partition coefficient (Wildman–Crippen LogP) is 2.50. The third kappa shape index (κ3) is 2.66. The summed E-state index contributed by atoms with van der Waals surface area (Å²) in [6.07, 6.45) is 1.50. The van der Waals surface area contributed by atoms with Crippen molar-refractivity contribution in [3.63, 3.8) is 0 Å². The molecule has 0 aliphatic carbocycles. The fourth-order valence-electron chi connectivity index (χ4n) is 1.77. The molecule has 0 bridgehead atoms. The quantitative estimate of drug-likeness (QED) is 0.874. The molecule has 0 unspecified atom stereocenters. The zero-order valence-corrected chi connectivity index (χ0v) is 11.5. The van der Waals surface area contributed by atoms with Crippen LogP contribution >= 0.6 is 12.2 Å². The Balaban J connectivity index is 2.32. The Morgan fingerprint density at radius 1 is 1.37 bits per heavy atom. The average Bonchev–Trinajstić information content (AvgIpc) is 2.83. The maximum absolute atomic E-state index is 12.3. The molecule has 0 aliphatic heterocycles. The second-order valence-electron chi connectivity index (χ2n) is 4.17. The van der Waals surface area contributed by atoms with Gasteiger partial charge in [0.25, 0.3) is 5.91 Å². The molecule has 0 saturated carbocycles. The van der Waals surface area contributed by atoms with Crippen LogP contribution in [0.25, 0.3) is 0 Å². The molecule has 4 nitrogen and oxygen atoms in total. The van der Waals surface area contributed by atoms with Gasteiger partial charge in [-0.15, -0.1) is 0 Å². The molecule has 1 aromatic carbocycles. The van der Waals surface area contributed by atoms with Gasteiger partial charge in [-0.25, -0.2) is 0 Å². The molecule has 2 rings (SSSR count). The van der Waals surface area contributed by atoms with E-state index in [1.807, 2.05) is 18.2 Å². The van der Waals surface area contributed by atoms with Gasteiger partial charge in [0.2, 0.25) is 0 Å². The number of nitrogens with zero attached hydrogens (tertiary/aromatic N) is 1. The lowest BCUT2D eigenvalue weighted by Crippen LogP contribution is -2.26. The fraction of sp³-hybridized carbons (Fsp3) is 0.143. The average molecular weight is 274 g/mol. The number of anilines is 1. The number of benzene rings is 1. The van der Waals surface area contributed by atoms with Crippen molar-refractivity contribution < 1.29 is 9.21 Å². The van der Waals surface area contributed by atoms with Crippen LogP contribution in [0.15, 0.2) is 41.0 Å². The minimum absolute atomic E-state index is 0.133. The molecule has 0 aliphatic rings. The Kier molecular flexibility index (Phi) is 3.66. The highest BCUT2D eigenvalue weighted by molar-refractivity contribution is 7.80. The summed E-state index contributed by atoms with van der Waals surface area (Å²) in [7, 11) is 1.70. The Bertz CT molecular complexity index is 634. The largest absolute Gasteiger partial charge is 0.469 e. The number of hydrogen-bond donors (Lipinski definition) is 1. The molecule has 98 valence electrons. The molecule has 0 atom stereocenters. The monoisotopic (exact) mass is 274 g/mol. The third-order valence-electron chi connectivity index (χ3n) is 2.91. The number of carbonyl (C=O) groups is 1. The van der Waals surface area contributed by atoms with E-state index in [1.165, 1.54) is 6.26 Å². The lowest BCUT2D eigenvalue weighted by Gasteiger charge is -2.17. The van der Waals surface area contributed by atoms with Crippen molar-refractivity contribution in [2.24, 2.45) is 5.73 Å². The Morgan fingerprint density at radius 2 is 2.11 bits per heavy atom. The first-order valence-electron chi connectivity index (χ1n) is 5.72. The van der Waals surface area contributed by atoms with Crippen molar-refractivity contribution in [3.05, 3.63) is 53.5 Å². The lowest BCUT2D eigenvalue weighted by molar-refractivity contribution is 0.0991. The van der Waals surface area contributed by atoms with Crippen LogP contribution < -0.4 is 10.6 Å². The van der Waals surface area contributed by atoms with Crippen LogP contribution in [-0.2, 0) is 0 Å². The van der Waals surface area contributed by atoms with Crippen molar-refractivity contribution in [2.45, 2.75) is 6.92 Å². The number of thiocarbonyl (C=S) groups is 1. The van der Waals surface area contributed by atoms with Gasteiger partial charge in [-0.3, -0.25) is 4.79 Å². The summed E-state index contributed by atoms with van der Waals surface area (Å²) in [5.74, 6) is 0.466. The summed E-state index contributed by atoms with van der Waals surface area (Å²) < 4.78 is 5.15. The Hall–Kier alpha value is -2.14. The number of rotatable bonds is 3. The molecule has 1 aromatic heterocycles. The van der Waals surface area contributed by atoms with Crippen molar-refractivity contribution in [1.82, 2.24) is 0 Å². The number of furan rings is 1. The summed E-state index contributed by atoms with van der Waals surface area (Å²) >= 11 is 4.93. The lowest BCUT2D eigenvalue weighted by atomic mass is 10.1. The Morgan fingerprint density at radius 3 is 2.68 bits per heavy atom. The van der Waals surface area contributed by atoms with E-state index in [9.17, 15) is 4.79 Å². The molecular formula is C14H14N2O2S. The van der Waals surface area contributed by atoms with Gasteiger partial charge in [0.15, 0.2) is 0 Å². The zero-order valence-electron chi connectivity index (χ0n) is 10.7. The molecule has 19 heavy (non-hydrogen) atoms. The van der Waals surface area contributed by atoms with E-state index in [1.54, 1.807) is 31.0 Å². The van der Waals surface area contributed by atoms with Gasteiger partial charge in [0, 0.05) is 18.3 Å². The third-order valence-corrected chi connectivity index (χ3v) is 3.15. The van der Waals surface area contributed by atoms with Crippen molar-refractivity contribution in [1.29, 1.82) is 0 Å². The van der Waals surface area contributed by atoms with Gasteiger partial charge in [0.1, 0.15) is 10.7 Å². The van der Waals surface area contributed by atoms with Gasteiger partial charge in [-0.05, 0) is 25.1 Å². The van der Waals surface area contributed by atoms with Crippen LogP contribution in [0.5, 0.6) is 0 Å². The van der Waals surface area contributed by atoms with Gasteiger partial charge in [-0.2, -0.15) is 0 Å². The first-order chi connectivity index (χ1) is 9.00. The normalized spacial score (nSPS) is 10.2. The van der Waals surface area contributed by atoms with E-state index in [4.69, 9.17) is 22.4 Å². The van der Waals surface area contributed by atoms with E-state index in [0.29, 0.717) is 16.3 Å². The highest BCUT2D eigenvalue weighted by Gasteiger charge is 2.17. The SMILES string of the molecule is Cc1occc1C(=O)N(C)c1cccc(C(N)=S)c1. The number of hydrogen-bond acceptors (Lipinski definition) is 3. The van der Waals surface area contributed by atoms with E-state index >= 15 is 0 Å². The van der Waals surface area contributed by atoms with Gasteiger partial charge in [-0.1, -0.05) is 24.4 Å². The fourth-order valence-corrected chi connectivity index (χ4v) is 1.90. The maximum Gasteiger partial charge on any atom is 0.261 e. The van der Waals surface area contributed by atoms with E-state index in [-0.39, 0.29) is 5.91 Å². The van der Waals surface area contributed by atoms with Crippen LogP contribution in [0, 0.1) is 6.92 Å². The van der Waals surface area contributed by atoms with Crippen LogP contribution in [-0.4, -0.2) is 17.9 Å². The van der Waals surface area contributed by atoms with Crippen LogP contribution in [0.2, 0.25) is 0 Å². The molecular weight excluding hydrogens is 260 g/mol. The first kappa shape index (κ1) is 13.3. The topological polar surface area (TPSA) is 59.5 Å². The van der Waals surface area contributed by atoms with Crippen molar-refractivity contribution >= 4 is 28.8 Å². The number of nitrogens with two attached hydrogens (primary N) is 1. The summed E-state index contributed by atoms with van der Waals surface area (Å²) in [5, 5.41) is 0. The molecule has 2 aromatic rings. The van der Waals surface area contributed by atoms with E-state index in [2.05, 4.69) is 0 Å². The summed E-state index contributed by atoms with van der Waals surface area (Å²) in [5.41, 5.74) is 7.60. The van der Waals surface area contributed by atoms with Gasteiger partial charge < -0.3 is 15.1 Å². The van der Waals surface area contributed by atoms with Crippen molar-refractivity contribution in [3.8, 4) is 0 Å². The van der Waals surface area contributed by atoms with E-state index < -0.39 is 0 Å². The van der Waals surface area contributed by atoms with Crippen LogP contribution in [0.1, 0.15) is 21.7 Å². The van der Waals surface area contributed by atoms with E-state index in [0.717, 1.165) is 11.3 Å². The molecule has 1 amide bonds. The second kappa shape index (κ2) is 5.24. The Labute approximate surface area is 116 Å². The summed E-state index contributed by atoms with van der Waals surface area (Å²) in [6.45, 7) is 1.76. The van der Waals surface area contributed by atoms with Crippen LogP contribution in [0.4, 0.5) is 5.69 Å². The number of carbonyl (C=O) groups excluding carboxylic acids is 1. The zero-order chi connectivity index (χ0) is 14.0. The smallest absolute Gasteiger partial charge is 0.261 e. The standard InChI is InChI=1S/C14H14N2O2S/c1-9-12(6-7-18-9)14(17)16(2)11-5-3-4-10(8-11)13(15)19/h3-8H,1-2H3,(H2,15,19). The predicted molar refractivity (Wildman–Crippen MR) is 78.5 cm³/mol. The highest BCUT2D eigenvalue weighted by Crippen LogP contribution is 2.19. The maximum atomic E-state index is 12.3.